The number of Topliss-reactive ketones (excluding diaryl/α,β-unsaturated/α-hetero) is 1. The van der Waals surface area contributed by atoms with Gasteiger partial charge in [-0.15, -0.1) is 5.10 Å². The second-order valence-corrected chi connectivity index (χ2v) is 6.35. The molecule has 2 aromatic rings. The quantitative estimate of drug-likeness (QED) is 0.755. The molecule has 0 bridgehead atoms. The van der Waals surface area contributed by atoms with Crippen molar-refractivity contribution in [2.24, 2.45) is 5.92 Å². The van der Waals surface area contributed by atoms with Crippen molar-refractivity contribution in [3.05, 3.63) is 41.7 Å². The van der Waals surface area contributed by atoms with Crippen LogP contribution in [0, 0.1) is 5.92 Å². The van der Waals surface area contributed by atoms with Crippen molar-refractivity contribution in [1.82, 2.24) is 19.9 Å². The Morgan fingerprint density at radius 3 is 2.41 bits per heavy atom. The summed E-state index contributed by atoms with van der Waals surface area (Å²) in [6.07, 6.45) is 2.41. The Balaban J connectivity index is 1.53. The highest BCUT2D eigenvalue weighted by Crippen LogP contribution is 2.23. The van der Waals surface area contributed by atoms with Crippen LogP contribution in [0.2, 0.25) is 0 Å². The molecule has 1 saturated heterocycles. The van der Waals surface area contributed by atoms with Crippen molar-refractivity contribution in [3.63, 3.8) is 0 Å². The van der Waals surface area contributed by atoms with Gasteiger partial charge in [0.1, 0.15) is 12.3 Å². The fourth-order valence-corrected chi connectivity index (χ4v) is 3.09. The number of hydrogen-bond donors (Lipinski definition) is 1. The van der Waals surface area contributed by atoms with E-state index >= 15 is 0 Å². The van der Waals surface area contributed by atoms with Crippen LogP contribution in [0.3, 0.4) is 0 Å². The Kier molecular flexibility index (Phi) is 5.49. The van der Waals surface area contributed by atoms with E-state index in [2.05, 4.69) is 10.3 Å². The molecular formula is C18H20N4O5. The number of nitrogens with zero attached hydrogens (tertiary/aromatic N) is 4. The van der Waals surface area contributed by atoms with E-state index in [0.717, 1.165) is 0 Å². The van der Waals surface area contributed by atoms with Crippen LogP contribution in [0.25, 0.3) is 0 Å². The van der Waals surface area contributed by atoms with Gasteiger partial charge in [-0.05, 0) is 37.1 Å². The number of likely N-dealkylation sites (tertiary alicyclic amines) is 1. The topological polar surface area (TPSA) is 115 Å². The Labute approximate surface area is 155 Å². The monoisotopic (exact) mass is 372 g/mol. The molecule has 9 heteroatoms. The molecule has 0 atom stereocenters. The summed E-state index contributed by atoms with van der Waals surface area (Å²) < 4.78 is 6.31. The van der Waals surface area contributed by atoms with Gasteiger partial charge in [0, 0.05) is 24.6 Å². The Morgan fingerprint density at radius 2 is 1.85 bits per heavy atom. The number of carbonyl (C=O) groups is 3. The van der Waals surface area contributed by atoms with Gasteiger partial charge in [0.2, 0.25) is 5.91 Å². The van der Waals surface area contributed by atoms with Crippen molar-refractivity contribution in [2.45, 2.75) is 19.4 Å². The van der Waals surface area contributed by atoms with Crippen LogP contribution in [-0.2, 0) is 11.3 Å². The van der Waals surface area contributed by atoms with Crippen molar-refractivity contribution in [3.8, 4) is 5.75 Å². The molecule has 142 valence electrons. The van der Waals surface area contributed by atoms with Crippen molar-refractivity contribution in [2.75, 3.05) is 20.2 Å². The number of ether oxygens (including phenoxy) is 1. The van der Waals surface area contributed by atoms with Crippen LogP contribution in [0.5, 0.6) is 5.75 Å². The Bertz CT molecular complexity index is 838. The lowest BCUT2D eigenvalue weighted by atomic mass is 9.89. The van der Waals surface area contributed by atoms with Gasteiger partial charge >= 0.3 is 5.97 Å². The molecule has 27 heavy (non-hydrogen) atoms. The molecule has 0 saturated carbocycles. The van der Waals surface area contributed by atoms with E-state index in [1.54, 1.807) is 36.3 Å². The van der Waals surface area contributed by atoms with E-state index < -0.39 is 5.97 Å². The molecule has 1 aromatic heterocycles. The van der Waals surface area contributed by atoms with Crippen molar-refractivity contribution in [1.29, 1.82) is 0 Å². The van der Waals surface area contributed by atoms with Gasteiger partial charge in [0.05, 0.1) is 13.3 Å². The van der Waals surface area contributed by atoms with E-state index in [-0.39, 0.29) is 29.8 Å². The molecule has 0 spiro atoms. The fourth-order valence-electron chi connectivity index (χ4n) is 3.09. The summed E-state index contributed by atoms with van der Waals surface area (Å²) in [7, 11) is 1.57. The third-order valence-electron chi connectivity index (χ3n) is 4.65. The average molecular weight is 372 g/mol. The summed E-state index contributed by atoms with van der Waals surface area (Å²) in [4.78, 5) is 37.4. The summed E-state index contributed by atoms with van der Waals surface area (Å²) >= 11 is 0. The highest BCUT2D eigenvalue weighted by Gasteiger charge is 2.28. The SMILES string of the molecule is COc1ccc(C(=O)C2CCN(C(=O)Cn3cc(C(=O)O)nn3)CC2)cc1. The summed E-state index contributed by atoms with van der Waals surface area (Å²) in [5, 5.41) is 16.0. The zero-order valence-corrected chi connectivity index (χ0v) is 14.9. The number of hydrogen-bond acceptors (Lipinski definition) is 6. The van der Waals surface area contributed by atoms with Crippen LogP contribution in [-0.4, -0.2) is 62.9 Å². The van der Waals surface area contributed by atoms with Gasteiger partial charge in [-0.3, -0.25) is 9.59 Å². The lowest BCUT2D eigenvalue weighted by Crippen LogP contribution is -2.41. The van der Waals surface area contributed by atoms with E-state index in [4.69, 9.17) is 9.84 Å². The summed E-state index contributed by atoms with van der Waals surface area (Å²) in [5.74, 6) is -0.704. The Morgan fingerprint density at radius 1 is 1.19 bits per heavy atom. The number of carboxylic acids is 1. The zero-order valence-electron chi connectivity index (χ0n) is 14.9. The molecule has 9 nitrogen and oxygen atoms in total. The standard InChI is InChI=1S/C18H20N4O5/c1-27-14-4-2-12(3-5-14)17(24)13-6-8-21(9-7-13)16(23)11-22-10-15(18(25)26)19-20-22/h2-5,10,13H,6-9,11H2,1H3,(H,25,26). The van der Waals surface area contributed by atoms with Gasteiger partial charge in [0.25, 0.3) is 0 Å². The molecule has 1 amide bonds. The maximum absolute atomic E-state index is 12.6. The minimum Gasteiger partial charge on any atom is -0.497 e. The van der Waals surface area contributed by atoms with E-state index in [0.29, 0.717) is 37.2 Å². The first kappa shape index (κ1) is 18.6. The number of benzene rings is 1. The van der Waals surface area contributed by atoms with Crippen LogP contribution in [0.1, 0.15) is 33.7 Å². The number of carboxylic acid groups (broad SMARTS) is 1. The normalized spacial score (nSPS) is 14.8. The van der Waals surface area contributed by atoms with E-state index in [9.17, 15) is 14.4 Å². The first-order valence-corrected chi connectivity index (χ1v) is 8.57. The molecule has 0 radical (unpaired) electrons. The molecule has 0 aliphatic carbocycles. The number of amides is 1. The van der Waals surface area contributed by atoms with Crippen LogP contribution in [0.15, 0.2) is 30.5 Å². The average Bonchev–Trinajstić information content (AvgIpc) is 3.16. The largest absolute Gasteiger partial charge is 0.497 e. The summed E-state index contributed by atoms with van der Waals surface area (Å²) in [6.45, 7) is 0.884. The van der Waals surface area contributed by atoms with Crippen molar-refractivity contribution >= 4 is 17.7 Å². The third kappa shape index (κ3) is 4.30. The van der Waals surface area contributed by atoms with Crippen LogP contribution in [0.4, 0.5) is 0 Å². The fraction of sp³-hybridized carbons (Fsp3) is 0.389. The lowest BCUT2D eigenvalue weighted by Gasteiger charge is -2.31. The maximum Gasteiger partial charge on any atom is 0.358 e. The number of piperidine rings is 1. The van der Waals surface area contributed by atoms with Gasteiger partial charge in [-0.1, -0.05) is 5.21 Å². The first-order chi connectivity index (χ1) is 13.0. The number of methoxy groups -OCH3 is 1. The number of aromatic carboxylic acids is 1. The molecule has 0 unspecified atom stereocenters. The minimum atomic E-state index is -1.19. The maximum atomic E-state index is 12.6. The number of rotatable bonds is 6. The molecule has 2 heterocycles. The second-order valence-electron chi connectivity index (χ2n) is 6.35. The molecule has 3 rings (SSSR count). The summed E-state index contributed by atoms with van der Waals surface area (Å²) in [5.41, 5.74) is 0.441. The first-order valence-electron chi connectivity index (χ1n) is 8.57. The third-order valence-corrected chi connectivity index (χ3v) is 4.65. The molecule has 1 aliphatic rings. The van der Waals surface area contributed by atoms with E-state index in [1.165, 1.54) is 10.9 Å². The zero-order chi connectivity index (χ0) is 19.4. The second kappa shape index (κ2) is 7.98. The van der Waals surface area contributed by atoms with Crippen LogP contribution >= 0.6 is 0 Å². The van der Waals surface area contributed by atoms with Gasteiger partial charge < -0.3 is 14.7 Å². The predicted molar refractivity (Wildman–Crippen MR) is 93.6 cm³/mol. The van der Waals surface area contributed by atoms with Gasteiger partial charge in [-0.2, -0.15) is 0 Å². The number of aromatic nitrogens is 3. The van der Waals surface area contributed by atoms with E-state index in [1.807, 2.05) is 0 Å². The molecular weight excluding hydrogens is 352 g/mol. The Hall–Kier alpha value is -3.23. The minimum absolute atomic E-state index is 0.0721. The number of carbonyl (C=O) groups excluding carboxylic acids is 2. The van der Waals surface area contributed by atoms with Crippen LogP contribution < -0.4 is 4.74 Å². The highest BCUT2D eigenvalue weighted by atomic mass is 16.5. The molecule has 1 aliphatic heterocycles. The molecule has 1 N–H and O–H groups in total. The smallest absolute Gasteiger partial charge is 0.358 e. The number of ketones is 1. The van der Waals surface area contributed by atoms with Gasteiger partial charge in [-0.25, -0.2) is 9.48 Å². The summed E-state index contributed by atoms with van der Waals surface area (Å²) in [6, 6.07) is 7.03. The molecule has 1 aromatic carbocycles. The lowest BCUT2D eigenvalue weighted by molar-refractivity contribution is -0.133. The van der Waals surface area contributed by atoms with Crippen molar-refractivity contribution < 1.29 is 24.2 Å². The molecule has 1 fully saturated rings. The van der Waals surface area contributed by atoms with Gasteiger partial charge in [0.15, 0.2) is 11.5 Å². The predicted octanol–water partition coefficient (Wildman–Crippen LogP) is 1.11. The highest BCUT2D eigenvalue weighted by molar-refractivity contribution is 5.98.